The predicted molar refractivity (Wildman–Crippen MR) is 83.3 cm³/mol. The summed E-state index contributed by atoms with van der Waals surface area (Å²) in [6, 6.07) is 8.03. The number of likely N-dealkylation sites (N-methyl/N-ethyl adjacent to an activating group) is 1. The smallest absolute Gasteiger partial charge is 0.226 e. The van der Waals surface area contributed by atoms with E-state index in [0.29, 0.717) is 19.5 Å². The summed E-state index contributed by atoms with van der Waals surface area (Å²) in [5.74, 6) is 0.138. The van der Waals surface area contributed by atoms with Crippen molar-refractivity contribution in [3.05, 3.63) is 33.4 Å². The van der Waals surface area contributed by atoms with Gasteiger partial charge in [0, 0.05) is 17.2 Å². The lowest BCUT2D eigenvalue weighted by atomic mass is 9.93. The minimum atomic E-state index is -0.0322. The maximum absolute atomic E-state index is 12.1. The van der Waals surface area contributed by atoms with Crippen LogP contribution in [0.3, 0.4) is 0 Å². The normalized spacial score (nSPS) is 11.4. The van der Waals surface area contributed by atoms with Gasteiger partial charge in [-0.15, -0.1) is 0 Å². The molecule has 0 saturated carbocycles. The molecule has 0 fully saturated rings. The minimum absolute atomic E-state index is 0.0322. The Morgan fingerprint density at radius 2 is 2.11 bits per heavy atom. The number of nitrogens with zero attached hydrogens (tertiary/aromatic N) is 1. The van der Waals surface area contributed by atoms with Crippen molar-refractivity contribution in [1.82, 2.24) is 4.90 Å². The molecule has 0 aromatic heterocycles. The number of rotatable bonds is 5. The average molecular weight is 360 g/mol. The molecule has 0 bridgehead atoms. The molecule has 1 rings (SSSR count). The maximum atomic E-state index is 12.1. The van der Waals surface area contributed by atoms with Crippen LogP contribution in [0.4, 0.5) is 0 Å². The molecule has 100 valence electrons. The molecule has 1 amide bonds. The number of carbonyl (C=O) groups excluding carboxylic acids is 1. The molecule has 0 unspecified atom stereocenters. The molecule has 0 aliphatic carbocycles. The lowest BCUT2D eigenvalue weighted by molar-refractivity contribution is -0.130. The molecule has 0 atom stereocenters. The van der Waals surface area contributed by atoms with Gasteiger partial charge in [0.05, 0.1) is 6.42 Å². The number of halogens is 1. The van der Waals surface area contributed by atoms with E-state index in [1.165, 1.54) is 0 Å². The van der Waals surface area contributed by atoms with Crippen LogP contribution in [0.25, 0.3) is 0 Å². The first-order valence-electron chi connectivity index (χ1n) is 6.02. The summed E-state index contributed by atoms with van der Waals surface area (Å²) >= 11 is 2.26. The number of nitrogens with two attached hydrogens (primary N) is 1. The van der Waals surface area contributed by atoms with E-state index in [2.05, 4.69) is 36.4 Å². The van der Waals surface area contributed by atoms with Gasteiger partial charge in [0.2, 0.25) is 5.91 Å². The summed E-state index contributed by atoms with van der Waals surface area (Å²) < 4.78 is 1.16. The summed E-state index contributed by atoms with van der Waals surface area (Å²) in [6.07, 6.45) is 0.452. The van der Waals surface area contributed by atoms with E-state index in [4.69, 9.17) is 5.73 Å². The van der Waals surface area contributed by atoms with Crippen molar-refractivity contribution in [2.24, 2.45) is 11.1 Å². The molecular formula is C14H21IN2O. The van der Waals surface area contributed by atoms with Gasteiger partial charge in [0.15, 0.2) is 0 Å². The molecule has 1 aromatic rings. The van der Waals surface area contributed by atoms with Crippen LogP contribution >= 0.6 is 22.6 Å². The zero-order valence-corrected chi connectivity index (χ0v) is 13.4. The van der Waals surface area contributed by atoms with Crippen molar-refractivity contribution in [1.29, 1.82) is 0 Å². The fourth-order valence-corrected chi connectivity index (χ4v) is 2.36. The first kappa shape index (κ1) is 15.4. The van der Waals surface area contributed by atoms with E-state index >= 15 is 0 Å². The second kappa shape index (κ2) is 6.52. The van der Waals surface area contributed by atoms with Gasteiger partial charge in [-0.05, 0) is 52.2 Å². The Kier molecular flexibility index (Phi) is 5.59. The number of amides is 1. The second-order valence-electron chi connectivity index (χ2n) is 5.42. The average Bonchev–Trinajstić information content (AvgIpc) is 2.28. The van der Waals surface area contributed by atoms with Crippen molar-refractivity contribution >= 4 is 28.5 Å². The maximum Gasteiger partial charge on any atom is 0.226 e. The zero-order chi connectivity index (χ0) is 13.8. The lowest BCUT2D eigenvalue weighted by Gasteiger charge is -2.29. The Morgan fingerprint density at radius 3 is 2.67 bits per heavy atom. The first-order chi connectivity index (χ1) is 8.34. The molecule has 0 heterocycles. The molecular weight excluding hydrogens is 339 g/mol. The topological polar surface area (TPSA) is 46.3 Å². The van der Waals surface area contributed by atoms with Crippen molar-refractivity contribution in [3.8, 4) is 0 Å². The Balaban J connectivity index is 2.60. The summed E-state index contributed by atoms with van der Waals surface area (Å²) in [7, 11) is 1.84. The molecule has 18 heavy (non-hydrogen) atoms. The Morgan fingerprint density at radius 1 is 1.44 bits per heavy atom. The molecule has 2 N–H and O–H groups in total. The van der Waals surface area contributed by atoms with E-state index in [1.54, 1.807) is 4.90 Å². The molecule has 0 saturated heterocycles. The number of hydrogen-bond acceptors (Lipinski definition) is 2. The Hall–Kier alpha value is -0.620. The zero-order valence-electron chi connectivity index (χ0n) is 11.2. The van der Waals surface area contributed by atoms with Gasteiger partial charge in [-0.2, -0.15) is 0 Å². The Labute approximate surface area is 123 Å². The monoisotopic (exact) mass is 360 g/mol. The van der Waals surface area contributed by atoms with Crippen LogP contribution in [-0.4, -0.2) is 30.9 Å². The molecule has 4 heteroatoms. The van der Waals surface area contributed by atoms with Crippen molar-refractivity contribution in [2.75, 3.05) is 20.1 Å². The van der Waals surface area contributed by atoms with Crippen LogP contribution in [0.2, 0.25) is 0 Å². The standard InChI is InChI=1S/C14H21IN2O/c1-14(2,9-16)10-17(3)13(18)8-11-5-4-6-12(15)7-11/h4-7H,8-10,16H2,1-3H3. The fraction of sp³-hybridized carbons (Fsp3) is 0.500. The largest absolute Gasteiger partial charge is 0.345 e. The molecule has 3 nitrogen and oxygen atoms in total. The van der Waals surface area contributed by atoms with E-state index in [9.17, 15) is 4.79 Å². The number of benzene rings is 1. The van der Waals surface area contributed by atoms with Crippen LogP contribution in [0.5, 0.6) is 0 Å². The first-order valence-corrected chi connectivity index (χ1v) is 7.10. The lowest BCUT2D eigenvalue weighted by Crippen LogP contribution is -2.40. The van der Waals surface area contributed by atoms with Crippen molar-refractivity contribution < 1.29 is 4.79 Å². The fourth-order valence-electron chi connectivity index (χ4n) is 1.75. The van der Waals surface area contributed by atoms with Crippen LogP contribution in [0, 0.1) is 8.99 Å². The number of hydrogen-bond donors (Lipinski definition) is 1. The van der Waals surface area contributed by atoms with E-state index in [0.717, 1.165) is 9.13 Å². The van der Waals surface area contributed by atoms with Gasteiger partial charge in [0.1, 0.15) is 0 Å². The highest BCUT2D eigenvalue weighted by Gasteiger charge is 2.21. The second-order valence-corrected chi connectivity index (χ2v) is 6.67. The molecule has 0 aliphatic rings. The van der Waals surface area contributed by atoms with Crippen LogP contribution in [0.1, 0.15) is 19.4 Å². The van der Waals surface area contributed by atoms with Gasteiger partial charge < -0.3 is 10.6 Å². The van der Waals surface area contributed by atoms with Gasteiger partial charge in [-0.1, -0.05) is 26.0 Å². The molecule has 0 spiro atoms. The quantitative estimate of drug-likeness (QED) is 0.819. The third kappa shape index (κ3) is 4.94. The van der Waals surface area contributed by atoms with Gasteiger partial charge in [0.25, 0.3) is 0 Å². The van der Waals surface area contributed by atoms with Crippen LogP contribution in [-0.2, 0) is 11.2 Å². The minimum Gasteiger partial charge on any atom is -0.345 e. The third-order valence-corrected chi connectivity index (χ3v) is 3.56. The Bertz CT molecular complexity index is 418. The van der Waals surface area contributed by atoms with E-state index < -0.39 is 0 Å². The highest BCUT2D eigenvalue weighted by atomic mass is 127. The molecule has 0 aliphatic heterocycles. The number of carbonyl (C=O) groups is 1. The molecule has 0 radical (unpaired) electrons. The van der Waals surface area contributed by atoms with Gasteiger partial charge >= 0.3 is 0 Å². The van der Waals surface area contributed by atoms with E-state index in [-0.39, 0.29) is 11.3 Å². The van der Waals surface area contributed by atoms with Crippen LogP contribution < -0.4 is 5.73 Å². The third-order valence-electron chi connectivity index (χ3n) is 2.89. The summed E-state index contributed by atoms with van der Waals surface area (Å²) in [5.41, 5.74) is 6.72. The van der Waals surface area contributed by atoms with E-state index in [1.807, 2.05) is 31.3 Å². The predicted octanol–water partition coefficient (Wildman–Crippen LogP) is 2.28. The highest BCUT2D eigenvalue weighted by molar-refractivity contribution is 14.1. The SMILES string of the molecule is CN(CC(C)(C)CN)C(=O)Cc1cccc(I)c1. The summed E-state index contributed by atoms with van der Waals surface area (Å²) in [4.78, 5) is 13.9. The van der Waals surface area contributed by atoms with Crippen molar-refractivity contribution in [3.63, 3.8) is 0 Å². The van der Waals surface area contributed by atoms with Crippen molar-refractivity contribution in [2.45, 2.75) is 20.3 Å². The van der Waals surface area contributed by atoms with Gasteiger partial charge in [-0.25, -0.2) is 0 Å². The molecule has 1 aromatic carbocycles. The summed E-state index contributed by atoms with van der Waals surface area (Å²) in [6.45, 7) is 5.41. The summed E-state index contributed by atoms with van der Waals surface area (Å²) in [5, 5.41) is 0. The van der Waals surface area contributed by atoms with Crippen LogP contribution in [0.15, 0.2) is 24.3 Å². The highest BCUT2D eigenvalue weighted by Crippen LogP contribution is 2.15. The van der Waals surface area contributed by atoms with Gasteiger partial charge in [-0.3, -0.25) is 4.79 Å².